The van der Waals surface area contributed by atoms with Crippen molar-refractivity contribution in [2.75, 3.05) is 4.90 Å². The van der Waals surface area contributed by atoms with Gasteiger partial charge in [-0.15, -0.1) is 0 Å². The molecule has 1 aliphatic carbocycles. The quantitative estimate of drug-likeness (QED) is 0.777. The maximum Gasteiger partial charge on any atom is 0.416 e. The molecule has 1 saturated heterocycles. The number of halogens is 3. The van der Waals surface area contributed by atoms with Crippen molar-refractivity contribution in [3.05, 3.63) is 29.8 Å². The van der Waals surface area contributed by atoms with Crippen molar-refractivity contribution < 1.29 is 27.6 Å². The van der Waals surface area contributed by atoms with E-state index in [1.54, 1.807) is 0 Å². The maximum atomic E-state index is 12.8. The van der Waals surface area contributed by atoms with E-state index in [1.807, 2.05) is 0 Å². The number of Topliss-reactive ketones (excluding diaryl/α,β-unsaturated/α-hetero) is 1. The van der Waals surface area contributed by atoms with Gasteiger partial charge in [0.05, 0.1) is 17.2 Å². The van der Waals surface area contributed by atoms with E-state index in [9.17, 15) is 27.6 Å². The van der Waals surface area contributed by atoms with Crippen LogP contribution >= 0.6 is 0 Å². The van der Waals surface area contributed by atoms with E-state index in [0.29, 0.717) is 12.8 Å². The van der Waals surface area contributed by atoms with Crippen LogP contribution in [0.5, 0.6) is 0 Å². The number of hydrogen-bond donors (Lipinski definition) is 0. The molecular weight excluding hydrogens is 323 g/mol. The number of benzene rings is 1. The molecule has 1 aromatic rings. The number of hydrogen-bond acceptors (Lipinski definition) is 3. The van der Waals surface area contributed by atoms with Gasteiger partial charge in [-0.1, -0.05) is 12.5 Å². The number of imide groups is 1. The number of alkyl halides is 3. The minimum absolute atomic E-state index is 0.0294. The van der Waals surface area contributed by atoms with Gasteiger partial charge >= 0.3 is 6.18 Å². The van der Waals surface area contributed by atoms with Gasteiger partial charge in [-0.3, -0.25) is 19.3 Å². The van der Waals surface area contributed by atoms with Crippen molar-refractivity contribution in [3.63, 3.8) is 0 Å². The Balaban J connectivity index is 1.88. The largest absolute Gasteiger partial charge is 0.416 e. The standard InChI is InChI=1S/C17H16F3NO3/c18-17(19,20)10-4-3-5-11(8-10)21-15(23)9-13(16(21)24)12-6-1-2-7-14(12)22/h3-5,8,12-13H,1-2,6-7,9H2. The summed E-state index contributed by atoms with van der Waals surface area (Å²) < 4.78 is 38.5. The summed E-state index contributed by atoms with van der Waals surface area (Å²) in [6, 6.07) is 4.14. The summed E-state index contributed by atoms with van der Waals surface area (Å²) in [5.41, 5.74) is -1.01. The minimum Gasteiger partial charge on any atom is -0.299 e. The lowest BCUT2D eigenvalue weighted by molar-refractivity contribution is -0.137. The molecule has 2 aliphatic rings. The van der Waals surface area contributed by atoms with Crippen LogP contribution in [0.25, 0.3) is 0 Å². The minimum atomic E-state index is -4.55. The first-order valence-electron chi connectivity index (χ1n) is 7.86. The second-order valence-electron chi connectivity index (χ2n) is 6.24. The molecule has 7 heteroatoms. The van der Waals surface area contributed by atoms with Gasteiger partial charge in [-0.25, -0.2) is 0 Å². The number of carbonyl (C=O) groups excluding carboxylic acids is 3. The van der Waals surface area contributed by atoms with Gasteiger partial charge in [-0.05, 0) is 31.0 Å². The number of rotatable bonds is 2. The highest BCUT2D eigenvalue weighted by Gasteiger charge is 2.46. The van der Waals surface area contributed by atoms with Gasteiger partial charge in [0.2, 0.25) is 11.8 Å². The van der Waals surface area contributed by atoms with E-state index in [4.69, 9.17) is 0 Å². The Hall–Kier alpha value is -2.18. The van der Waals surface area contributed by atoms with Crippen LogP contribution in [0.4, 0.5) is 18.9 Å². The fraction of sp³-hybridized carbons (Fsp3) is 0.471. The molecule has 3 rings (SSSR count). The number of amides is 2. The Morgan fingerprint density at radius 3 is 2.46 bits per heavy atom. The van der Waals surface area contributed by atoms with Crippen molar-refractivity contribution in [3.8, 4) is 0 Å². The summed E-state index contributed by atoms with van der Waals surface area (Å²) in [4.78, 5) is 37.6. The molecule has 2 unspecified atom stereocenters. The Kier molecular flexibility index (Phi) is 4.19. The molecule has 0 N–H and O–H groups in total. The van der Waals surface area contributed by atoms with Crippen LogP contribution in [-0.2, 0) is 20.6 Å². The summed E-state index contributed by atoms with van der Waals surface area (Å²) in [7, 11) is 0. The number of ketones is 1. The Bertz CT molecular complexity index is 699. The zero-order chi connectivity index (χ0) is 17.5. The van der Waals surface area contributed by atoms with E-state index in [1.165, 1.54) is 6.07 Å². The van der Waals surface area contributed by atoms with Crippen LogP contribution in [0, 0.1) is 11.8 Å². The Labute approximate surface area is 136 Å². The second-order valence-corrected chi connectivity index (χ2v) is 6.24. The molecule has 24 heavy (non-hydrogen) atoms. The van der Waals surface area contributed by atoms with Crippen LogP contribution in [-0.4, -0.2) is 17.6 Å². The van der Waals surface area contributed by atoms with Crippen molar-refractivity contribution in [2.45, 2.75) is 38.3 Å². The predicted octanol–water partition coefficient (Wildman–Crippen LogP) is 3.34. The number of nitrogens with zero attached hydrogens (tertiary/aromatic N) is 1. The molecular formula is C17H16F3NO3. The fourth-order valence-corrected chi connectivity index (χ4v) is 3.50. The summed E-state index contributed by atoms with van der Waals surface area (Å²) in [6.45, 7) is 0. The molecule has 2 fully saturated rings. The monoisotopic (exact) mass is 339 g/mol. The molecule has 1 heterocycles. The Morgan fingerprint density at radius 2 is 1.79 bits per heavy atom. The molecule has 128 valence electrons. The van der Waals surface area contributed by atoms with Crippen LogP contribution in [0.1, 0.15) is 37.7 Å². The average molecular weight is 339 g/mol. The fourth-order valence-electron chi connectivity index (χ4n) is 3.50. The molecule has 4 nitrogen and oxygen atoms in total. The van der Waals surface area contributed by atoms with Crippen molar-refractivity contribution in [1.82, 2.24) is 0 Å². The summed E-state index contributed by atoms with van der Waals surface area (Å²) in [5.74, 6) is -2.40. The van der Waals surface area contributed by atoms with E-state index in [-0.39, 0.29) is 17.9 Å². The zero-order valence-electron chi connectivity index (χ0n) is 12.8. The smallest absolute Gasteiger partial charge is 0.299 e. The summed E-state index contributed by atoms with van der Waals surface area (Å²) in [5, 5.41) is 0. The first-order chi connectivity index (χ1) is 11.3. The average Bonchev–Trinajstić information content (AvgIpc) is 2.82. The zero-order valence-corrected chi connectivity index (χ0v) is 12.8. The topological polar surface area (TPSA) is 54.5 Å². The lowest BCUT2D eigenvalue weighted by atomic mass is 9.78. The lowest BCUT2D eigenvalue weighted by Gasteiger charge is -2.24. The third kappa shape index (κ3) is 2.95. The highest BCUT2D eigenvalue weighted by atomic mass is 19.4. The van der Waals surface area contributed by atoms with Gasteiger partial charge < -0.3 is 0 Å². The summed E-state index contributed by atoms with van der Waals surface area (Å²) in [6.07, 6.45) is -2.13. The van der Waals surface area contributed by atoms with Gasteiger partial charge in [0.1, 0.15) is 5.78 Å². The maximum absolute atomic E-state index is 12.8. The van der Waals surface area contributed by atoms with Crippen molar-refractivity contribution in [2.24, 2.45) is 11.8 Å². The third-order valence-corrected chi connectivity index (χ3v) is 4.70. The highest BCUT2D eigenvalue weighted by molar-refractivity contribution is 6.21. The molecule has 0 bridgehead atoms. The van der Waals surface area contributed by atoms with E-state index in [0.717, 1.165) is 35.9 Å². The SMILES string of the molecule is O=C1CCCCC1C1CC(=O)N(c2cccc(C(F)(F)F)c2)C1=O. The molecule has 2 amide bonds. The number of anilines is 1. The van der Waals surface area contributed by atoms with E-state index >= 15 is 0 Å². The highest BCUT2D eigenvalue weighted by Crippen LogP contribution is 2.38. The molecule has 0 aromatic heterocycles. The van der Waals surface area contributed by atoms with Crippen molar-refractivity contribution in [1.29, 1.82) is 0 Å². The molecule has 1 saturated carbocycles. The van der Waals surface area contributed by atoms with E-state index < -0.39 is 35.4 Å². The van der Waals surface area contributed by atoms with Gasteiger partial charge in [0.25, 0.3) is 0 Å². The van der Waals surface area contributed by atoms with Crippen molar-refractivity contribution >= 4 is 23.3 Å². The van der Waals surface area contributed by atoms with Gasteiger partial charge in [-0.2, -0.15) is 13.2 Å². The molecule has 2 atom stereocenters. The van der Waals surface area contributed by atoms with Crippen LogP contribution in [0.2, 0.25) is 0 Å². The van der Waals surface area contributed by atoms with Crippen LogP contribution in [0.3, 0.4) is 0 Å². The van der Waals surface area contributed by atoms with Gasteiger partial charge in [0, 0.05) is 18.8 Å². The molecule has 0 spiro atoms. The molecule has 1 aromatic carbocycles. The summed E-state index contributed by atoms with van der Waals surface area (Å²) >= 11 is 0. The van der Waals surface area contributed by atoms with Gasteiger partial charge in [0.15, 0.2) is 0 Å². The molecule has 0 radical (unpaired) electrons. The predicted molar refractivity (Wildman–Crippen MR) is 79.0 cm³/mol. The van der Waals surface area contributed by atoms with Crippen LogP contribution < -0.4 is 4.90 Å². The molecule has 1 aliphatic heterocycles. The number of carbonyl (C=O) groups is 3. The second kappa shape index (κ2) is 6.03. The lowest BCUT2D eigenvalue weighted by Crippen LogP contribution is -2.35. The first kappa shape index (κ1) is 16.7. The third-order valence-electron chi connectivity index (χ3n) is 4.70. The normalized spacial score (nSPS) is 25.5. The van der Waals surface area contributed by atoms with E-state index in [2.05, 4.69) is 0 Å². The first-order valence-corrected chi connectivity index (χ1v) is 7.86. The van der Waals surface area contributed by atoms with Crippen LogP contribution in [0.15, 0.2) is 24.3 Å². The Morgan fingerprint density at radius 1 is 1.04 bits per heavy atom.